The molecular formula is C24H21FN2O3. The van der Waals surface area contributed by atoms with Crippen LogP contribution in [0, 0.1) is 5.82 Å². The first kappa shape index (κ1) is 19.6. The molecule has 0 fully saturated rings. The maximum Gasteiger partial charge on any atom is 0.258 e. The number of hydrogen-bond acceptors (Lipinski definition) is 3. The number of carbonyl (C=O) groups excluding carboxylic acids is 2. The molecule has 1 heterocycles. The molecule has 3 aromatic rings. The highest BCUT2D eigenvalue weighted by Gasteiger charge is 2.25. The minimum Gasteiger partial charge on any atom is -0.497 e. The van der Waals surface area contributed by atoms with Gasteiger partial charge in [0.05, 0.1) is 7.11 Å². The van der Waals surface area contributed by atoms with Gasteiger partial charge >= 0.3 is 0 Å². The summed E-state index contributed by atoms with van der Waals surface area (Å²) in [6, 6.07) is 18.4. The van der Waals surface area contributed by atoms with Crippen LogP contribution in [0.3, 0.4) is 0 Å². The van der Waals surface area contributed by atoms with E-state index in [1.165, 1.54) is 24.3 Å². The number of nitrogens with zero attached hydrogens (tertiary/aromatic N) is 1. The molecule has 0 saturated heterocycles. The fourth-order valence-corrected chi connectivity index (χ4v) is 3.57. The summed E-state index contributed by atoms with van der Waals surface area (Å²) in [4.78, 5) is 26.9. The Bertz CT molecular complexity index is 1100. The molecule has 4 rings (SSSR count). The van der Waals surface area contributed by atoms with E-state index in [1.807, 2.05) is 18.2 Å². The Morgan fingerprint density at radius 2 is 1.83 bits per heavy atom. The molecule has 30 heavy (non-hydrogen) atoms. The van der Waals surface area contributed by atoms with Crippen molar-refractivity contribution in [2.45, 2.75) is 13.0 Å². The van der Waals surface area contributed by atoms with Crippen molar-refractivity contribution >= 4 is 17.5 Å². The van der Waals surface area contributed by atoms with E-state index in [2.05, 4.69) is 5.32 Å². The van der Waals surface area contributed by atoms with Crippen molar-refractivity contribution in [1.82, 2.24) is 5.32 Å². The van der Waals surface area contributed by atoms with Crippen LogP contribution in [0.25, 0.3) is 0 Å². The topological polar surface area (TPSA) is 58.6 Å². The smallest absolute Gasteiger partial charge is 0.258 e. The molecule has 3 aromatic carbocycles. The minimum atomic E-state index is -0.367. The van der Waals surface area contributed by atoms with Crippen molar-refractivity contribution < 1.29 is 18.7 Å². The Morgan fingerprint density at radius 3 is 2.60 bits per heavy atom. The van der Waals surface area contributed by atoms with Gasteiger partial charge in [-0.15, -0.1) is 0 Å². The standard InChI is InChI=1S/C24H21FN2O3/c1-30-21-4-2-3-19(14-21)23(28)26-15-16-5-10-22-18(13-16)11-12-27(22)24(29)17-6-8-20(25)9-7-17/h2-10,13-14H,11-12,15H2,1H3,(H,26,28). The van der Waals surface area contributed by atoms with Crippen molar-refractivity contribution in [3.05, 3.63) is 94.8 Å². The highest BCUT2D eigenvalue weighted by Crippen LogP contribution is 2.30. The van der Waals surface area contributed by atoms with Gasteiger partial charge in [-0.3, -0.25) is 9.59 Å². The van der Waals surface area contributed by atoms with Crippen molar-refractivity contribution in [3.63, 3.8) is 0 Å². The van der Waals surface area contributed by atoms with E-state index in [1.54, 1.807) is 36.3 Å². The third kappa shape index (κ3) is 4.03. The van der Waals surface area contributed by atoms with Crippen molar-refractivity contribution in [2.75, 3.05) is 18.6 Å². The number of amides is 2. The molecule has 0 spiro atoms. The Morgan fingerprint density at radius 1 is 1.03 bits per heavy atom. The molecule has 2 amide bonds. The molecular weight excluding hydrogens is 383 g/mol. The zero-order valence-electron chi connectivity index (χ0n) is 16.5. The molecule has 0 bridgehead atoms. The first-order valence-corrected chi connectivity index (χ1v) is 9.66. The molecule has 6 heteroatoms. The summed E-state index contributed by atoms with van der Waals surface area (Å²) in [5.74, 6) is -0.0598. The lowest BCUT2D eigenvalue weighted by Crippen LogP contribution is -2.28. The van der Waals surface area contributed by atoms with E-state index in [4.69, 9.17) is 4.74 Å². The fraction of sp³-hybridized carbons (Fsp3) is 0.167. The summed E-state index contributed by atoms with van der Waals surface area (Å²) >= 11 is 0. The molecule has 1 aliphatic heterocycles. The maximum absolute atomic E-state index is 13.1. The lowest BCUT2D eigenvalue weighted by molar-refractivity contribution is 0.0949. The van der Waals surface area contributed by atoms with E-state index in [0.29, 0.717) is 30.0 Å². The maximum atomic E-state index is 13.1. The summed E-state index contributed by atoms with van der Waals surface area (Å²) in [6.07, 6.45) is 0.736. The lowest BCUT2D eigenvalue weighted by atomic mass is 10.1. The highest BCUT2D eigenvalue weighted by molar-refractivity contribution is 6.07. The summed E-state index contributed by atoms with van der Waals surface area (Å²) in [7, 11) is 1.56. The third-order valence-corrected chi connectivity index (χ3v) is 5.16. The van der Waals surface area contributed by atoms with Crippen LogP contribution in [-0.2, 0) is 13.0 Å². The van der Waals surface area contributed by atoms with Crippen LogP contribution in [0.4, 0.5) is 10.1 Å². The number of carbonyl (C=O) groups is 2. The molecule has 152 valence electrons. The summed E-state index contributed by atoms with van der Waals surface area (Å²) in [6.45, 7) is 0.959. The second-order valence-electron chi connectivity index (χ2n) is 7.09. The van der Waals surface area contributed by atoms with Gasteiger partial charge in [0, 0.05) is 29.9 Å². The number of ether oxygens (including phenoxy) is 1. The van der Waals surface area contributed by atoms with Crippen molar-refractivity contribution in [3.8, 4) is 5.75 Å². The first-order valence-electron chi connectivity index (χ1n) is 9.66. The molecule has 1 N–H and O–H groups in total. The third-order valence-electron chi connectivity index (χ3n) is 5.16. The largest absolute Gasteiger partial charge is 0.497 e. The Kier molecular flexibility index (Phi) is 5.48. The van der Waals surface area contributed by atoms with Crippen molar-refractivity contribution in [2.24, 2.45) is 0 Å². The quantitative estimate of drug-likeness (QED) is 0.700. The number of fused-ring (bicyclic) bond motifs is 1. The number of nitrogens with one attached hydrogen (secondary N) is 1. The van der Waals surface area contributed by atoms with Crippen LogP contribution in [0.2, 0.25) is 0 Å². The second-order valence-corrected chi connectivity index (χ2v) is 7.09. The molecule has 0 aromatic heterocycles. The van der Waals surface area contributed by atoms with Gasteiger partial charge in [0.15, 0.2) is 0 Å². The van der Waals surface area contributed by atoms with E-state index in [-0.39, 0.29) is 17.6 Å². The number of anilines is 1. The minimum absolute atomic E-state index is 0.146. The molecule has 0 unspecified atom stereocenters. The highest BCUT2D eigenvalue weighted by atomic mass is 19.1. The number of hydrogen-bond donors (Lipinski definition) is 1. The number of rotatable bonds is 5. The fourth-order valence-electron chi connectivity index (χ4n) is 3.57. The van der Waals surface area contributed by atoms with Crippen LogP contribution in [0.1, 0.15) is 31.8 Å². The van der Waals surface area contributed by atoms with Crippen molar-refractivity contribution in [1.29, 1.82) is 0 Å². The zero-order valence-corrected chi connectivity index (χ0v) is 16.5. The zero-order chi connectivity index (χ0) is 21.1. The van der Waals surface area contributed by atoms with Gasteiger partial charge in [0.2, 0.25) is 0 Å². The molecule has 0 saturated carbocycles. The van der Waals surface area contributed by atoms with Crippen LogP contribution in [0.5, 0.6) is 5.75 Å². The number of benzene rings is 3. The van der Waals surface area contributed by atoms with Crippen LogP contribution >= 0.6 is 0 Å². The predicted octanol–water partition coefficient (Wildman–Crippen LogP) is 3.97. The van der Waals surface area contributed by atoms with Crippen LogP contribution < -0.4 is 15.0 Å². The van der Waals surface area contributed by atoms with E-state index in [9.17, 15) is 14.0 Å². The monoisotopic (exact) mass is 404 g/mol. The summed E-state index contributed by atoms with van der Waals surface area (Å²) in [5.41, 5.74) is 3.86. The molecule has 0 atom stereocenters. The second kappa shape index (κ2) is 8.37. The summed E-state index contributed by atoms with van der Waals surface area (Å²) in [5, 5.41) is 2.91. The van der Waals surface area contributed by atoms with Crippen LogP contribution in [0.15, 0.2) is 66.7 Å². The molecule has 0 aliphatic carbocycles. The average Bonchev–Trinajstić information content (AvgIpc) is 3.20. The average molecular weight is 404 g/mol. The predicted molar refractivity (Wildman–Crippen MR) is 112 cm³/mol. The molecule has 1 aliphatic rings. The van der Waals surface area contributed by atoms with Gasteiger partial charge in [-0.1, -0.05) is 18.2 Å². The lowest BCUT2D eigenvalue weighted by Gasteiger charge is -2.18. The Hall–Kier alpha value is -3.67. The van der Waals surface area contributed by atoms with Gasteiger partial charge in [0.1, 0.15) is 11.6 Å². The van der Waals surface area contributed by atoms with Gasteiger partial charge in [-0.05, 0) is 66.1 Å². The molecule has 5 nitrogen and oxygen atoms in total. The van der Waals surface area contributed by atoms with E-state index < -0.39 is 0 Å². The summed E-state index contributed by atoms with van der Waals surface area (Å²) < 4.78 is 18.3. The first-order chi connectivity index (χ1) is 14.5. The van der Waals surface area contributed by atoms with E-state index in [0.717, 1.165) is 23.2 Å². The van der Waals surface area contributed by atoms with E-state index >= 15 is 0 Å². The Balaban J connectivity index is 1.44. The van der Waals surface area contributed by atoms with Gasteiger partial charge in [-0.2, -0.15) is 0 Å². The van der Waals surface area contributed by atoms with Gasteiger partial charge in [0.25, 0.3) is 11.8 Å². The van der Waals surface area contributed by atoms with Crippen LogP contribution in [-0.4, -0.2) is 25.5 Å². The normalized spacial score (nSPS) is 12.4. The molecule has 0 radical (unpaired) electrons. The number of halogens is 1. The number of methoxy groups -OCH3 is 1. The Labute approximate surface area is 174 Å². The SMILES string of the molecule is COc1cccc(C(=O)NCc2ccc3c(c2)CCN3C(=O)c2ccc(F)cc2)c1. The van der Waals surface area contributed by atoms with Gasteiger partial charge in [-0.25, -0.2) is 4.39 Å². The van der Waals surface area contributed by atoms with Gasteiger partial charge < -0.3 is 15.0 Å².